The van der Waals surface area contributed by atoms with Gasteiger partial charge >= 0.3 is 0 Å². The van der Waals surface area contributed by atoms with Crippen molar-refractivity contribution < 1.29 is 17.9 Å². The van der Waals surface area contributed by atoms with Crippen molar-refractivity contribution in [2.75, 3.05) is 36.5 Å². The number of morpholine rings is 1. The molecule has 162 valence electrons. The first kappa shape index (κ1) is 21.5. The number of nitrogens with one attached hydrogen (secondary N) is 1. The van der Waals surface area contributed by atoms with Crippen molar-refractivity contribution in [3.05, 3.63) is 59.1 Å². The van der Waals surface area contributed by atoms with Crippen LogP contribution in [0.1, 0.15) is 5.56 Å². The minimum atomic E-state index is -4.04. The fraction of sp³-hybridized carbons (Fsp3) is 0.238. The highest BCUT2D eigenvalue weighted by atomic mass is 35.5. The molecule has 2 heterocycles. The van der Waals surface area contributed by atoms with Gasteiger partial charge in [-0.1, -0.05) is 29.8 Å². The van der Waals surface area contributed by atoms with E-state index < -0.39 is 10.0 Å². The van der Waals surface area contributed by atoms with Gasteiger partial charge in [-0.05, 0) is 35.9 Å². The number of ether oxygens (including phenoxy) is 1. The van der Waals surface area contributed by atoms with Crippen LogP contribution in [0.4, 0.5) is 11.5 Å². The van der Waals surface area contributed by atoms with Gasteiger partial charge in [0.1, 0.15) is 5.82 Å². The van der Waals surface area contributed by atoms with Gasteiger partial charge < -0.3 is 15.0 Å². The highest BCUT2D eigenvalue weighted by Gasteiger charge is 2.19. The summed E-state index contributed by atoms with van der Waals surface area (Å²) in [5, 5.41) is 9.04. The molecule has 3 aromatic rings. The molecule has 0 unspecified atom stereocenters. The van der Waals surface area contributed by atoms with Gasteiger partial charge in [-0.2, -0.15) is 0 Å². The number of amides is 1. The number of aromatic nitrogens is 1. The van der Waals surface area contributed by atoms with Gasteiger partial charge in [-0.15, -0.1) is 0 Å². The van der Waals surface area contributed by atoms with E-state index in [1.54, 1.807) is 42.5 Å². The van der Waals surface area contributed by atoms with Crippen molar-refractivity contribution in [2.45, 2.75) is 11.3 Å². The largest absolute Gasteiger partial charge is 0.378 e. The van der Waals surface area contributed by atoms with E-state index in [2.05, 4.69) is 15.2 Å². The summed E-state index contributed by atoms with van der Waals surface area (Å²) in [5.74, 6) is 0.368. The second-order valence-corrected chi connectivity index (χ2v) is 9.11. The zero-order valence-corrected chi connectivity index (χ0v) is 18.1. The molecule has 1 aromatic heterocycles. The Labute approximate surface area is 185 Å². The molecule has 1 fully saturated rings. The van der Waals surface area contributed by atoms with E-state index in [4.69, 9.17) is 21.5 Å². The second-order valence-electron chi connectivity index (χ2n) is 7.17. The molecule has 1 saturated heterocycles. The third-order valence-corrected chi connectivity index (χ3v) is 6.31. The lowest BCUT2D eigenvalue weighted by Gasteiger charge is -2.28. The molecule has 1 amide bonds. The van der Waals surface area contributed by atoms with Crippen LogP contribution >= 0.6 is 11.6 Å². The lowest BCUT2D eigenvalue weighted by molar-refractivity contribution is -0.115. The summed E-state index contributed by atoms with van der Waals surface area (Å²) in [4.78, 5) is 19.1. The topological polar surface area (TPSA) is 115 Å². The number of carbonyl (C=O) groups is 1. The maximum absolute atomic E-state index is 12.6. The Bertz CT molecular complexity index is 1240. The zero-order chi connectivity index (χ0) is 22.0. The van der Waals surface area contributed by atoms with E-state index in [0.717, 1.165) is 0 Å². The average Bonchev–Trinajstić information content (AvgIpc) is 2.74. The number of pyridine rings is 1. The first-order valence-corrected chi connectivity index (χ1v) is 11.6. The predicted octanol–water partition coefficient (Wildman–Crippen LogP) is 2.55. The SMILES string of the molecule is NS(=O)(=O)c1cc(NC(=O)Cc2ccccc2Cl)cc2nc(N3CCOCC3)ccc12. The van der Waals surface area contributed by atoms with E-state index in [1.807, 2.05) is 0 Å². The van der Waals surface area contributed by atoms with E-state index in [9.17, 15) is 13.2 Å². The summed E-state index contributed by atoms with van der Waals surface area (Å²) in [6.07, 6.45) is 0.0453. The number of rotatable bonds is 5. The minimum Gasteiger partial charge on any atom is -0.378 e. The molecule has 2 aromatic carbocycles. The first-order valence-electron chi connectivity index (χ1n) is 9.65. The molecular formula is C21H21ClN4O4S. The first-order chi connectivity index (χ1) is 14.8. The summed E-state index contributed by atoms with van der Waals surface area (Å²) >= 11 is 6.13. The zero-order valence-electron chi connectivity index (χ0n) is 16.5. The summed E-state index contributed by atoms with van der Waals surface area (Å²) < 4.78 is 29.8. The molecule has 3 N–H and O–H groups in total. The number of nitrogens with two attached hydrogens (primary N) is 1. The molecule has 4 rings (SSSR count). The van der Waals surface area contributed by atoms with Gasteiger partial charge in [0.15, 0.2) is 0 Å². The van der Waals surface area contributed by atoms with Crippen LogP contribution in [-0.4, -0.2) is 45.6 Å². The van der Waals surface area contributed by atoms with Crippen molar-refractivity contribution >= 4 is 49.9 Å². The maximum atomic E-state index is 12.6. The Morgan fingerprint density at radius 2 is 1.90 bits per heavy atom. The Kier molecular flexibility index (Phi) is 6.10. The lowest BCUT2D eigenvalue weighted by Crippen LogP contribution is -2.36. The van der Waals surface area contributed by atoms with Crippen LogP contribution in [0.25, 0.3) is 10.9 Å². The Morgan fingerprint density at radius 3 is 2.61 bits per heavy atom. The van der Waals surface area contributed by atoms with Crippen molar-refractivity contribution in [1.82, 2.24) is 4.98 Å². The summed E-state index contributed by atoms with van der Waals surface area (Å²) in [6, 6.07) is 13.5. The van der Waals surface area contributed by atoms with Crippen LogP contribution in [0, 0.1) is 0 Å². The summed E-state index contributed by atoms with van der Waals surface area (Å²) in [5.41, 5.74) is 1.38. The van der Waals surface area contributed by atoms with Gasteiger partial charge in [-0.3, -0.25) is 4.79 Å². The monoisotopic (exact) mass is 460 g/mol. The molecule has 0 spiro atoms. The van der Waals surface area contributed by atoms with Crippen LogP contribution in [-0.2, 0) is 26.0 Å². The van der Waals surface area contributed by atoms with Crippen LogP contribution < -0.4 is 15.4 Å². The number of fused-ring (bicyclic) bond motifs is 1. The number of primary sulfonamides is 1. The molecule has 0 saturated carbocycles. The van der Waals surface area contributed by atoms with Crippen LogP contribution in [0.3, 0.4) is 0 Å². The summed E-state index contributed by atoms with van der Waals surface area (Å²) in [6.45, 7) is 2.57. The lowest BCUT2D eigenvalue weighted by atomic mass is 10.1. The third kappa shape index (κ3) is 4.96. The standard InChI is InChI=1S/C21H21ClN4O4S/c22-17-4-2-1-3-14(17)11-21(27)24-15-12-18-16(19(13-15)31(23,28)29)5-6-20(25-18)26-7-9-30-10-8-26/h1-6,12-13H,7-11H2,(H,24,27)(H2,23,28,29). The van der Waals surface area contributed by atoms with E-state index in [-0.39, 0.29) is 17.2 Å². The molecular weight excluding hydrogens is 440 g/mol. The Morgan fingerprint density at radius 1 is 1.16 bits per heavy atom. The van der Waals surface area contributed by atoms with Gasteiger partial charge in [0.05, 0.1) is 30.0 Å². The molecule has 0 atom stereocenters. The number of sulfonamides is 1. The highest BCUT2D eigenvalue weighted by molar-refractivity contribution is 7.89. The normalized spacial score (nSPS) is 14.6. The van der Waals surface area contributed by atoms with Crippen molar-refractivity contribution in [1.29, 1.82) is 0 Å². The van der Waals surface area contributed by atoms with E-state index in [1.165, 1.54) is 6.07 Å². The average molecular weight is 461 g/mol. The van der Waals surface area contributed by atoms with Crippen LogP contribution in [0.5, 0.6) is 0 Å². The van der Waals surface area contributed by atoms with Crippen LogP contribution in [0.2, 0.25) is 5.02 Å². The number of carbonyl (C=O) groups excluding carboxylic acids is 1. The molecule has 0 bridgehead atoms. The van der Waals surface area contributed by atoms with Crippen molar-refractivity contribution in [3.8, 4) is 0 Å². The number of halogens is 1. The molecule has 0 aliphatic carbocycles. The highest BCUT2D eigenvalue weighted by Crippen LogP contribution is 2.28. The van der Waals surface area contributed by atoms with E-state index >= 15 is 0 Å². The molecule has 1 aliphatic heterocycles. The second kappa shape index (κ2) is 8.80. The Hall–Kier alpha value is -2.72. The number of nitrogens with zero attached hydrogens (tertiary/aromatic N) is 2. The number of benzene rings is 2. The molecule has 10 heteroatoms. The van der Waals surface area contributed by atoms with Crippen molar-refractivity contribution in [3.63, 3.8) is 0 Å². The molecule has 0 radical (unpaired) electrons. The quantitative estimate of drug-likeness (QED) is 0.604. The maximum Gasteiger partial charge on any atom is 0.238 e. The van der Waals surface area contributed by atoms with E-state index in [0.29, 0.717) is 59.3 Å². The van der Waals surface area contributed by atoms with Crippen molar-refractivity contribution in [2.24, 2.45) is 5.14 Å². The summed E-state index contributed by atoms with van der Waals surface area (Å²) in [7, 11) is -4.04. The predicted molar refractivity (Wildman–Crippen MR) is 120 cm³/mol. The molecule has 31 heavy (non-hydrogen) atoms. The van der Waals surface area contributed by atoms with Gasteiger partial charge in [-0.25, -0.2) is 18.5 Å². The number of anilines is 2. The van der Waals surface area contributed by atoms with Gasteiger partial charge in [0.25, 0.3) is 0 Å². The van der Waals surface area contributed by atoms with Crippen LogP contribution in [0.15, 0.2) is 53.4 Å². The fourth-order valence-electron chi connectivity index (χ4n) is 3.49. The smallest absolute Gasteiger partial charge is 0.238 e. The van der Waals surface area contributed by atoms with Gasteiger partial charge in [0.2, 0.25) is 15.9 Å². The number of hydrogen-bond donors (Lipinski definition) is 2. The number of hydrogen-bond acceptors (Lipinski definition) is 6. The molecule has 8 nitrogen and oxygen atoms in total. The van der Waals surface area contributed by atoms with Gasteiger partial charge in [0, 0.05) is 29.2 Å². The Balaban J connectivity index is 1.69. The minimum absolute atomic E-state index is 0.0453. The third-order valence-electron chi connectivity index (χ3n) is 4.99. The molecule has 1 aliphatic rings. The fourth-order valence-corrected chi connectivity index (χ4v) is 4.46.